The molecule has 5 nitrogen and oxygen atoms in total. The summed E-state index contributed by atoms with van der Waals surface area (Å²) in [6, 6.07) is 19.5. The molecule has 3 aromatic carbocycles. The number of nitrogens with one attached hydrogen (secondary N) is 1. The summed E-state index contributed by atoms with van der Waals surface area (Å²) in [6.45, 7) is 0.733. The van der Waals surface area contributed by atoms with Gasteiger partial charge in [-0.05, 0) is 66.4 Å². The number of anilines is 1. The molecule has 4 rings (SSSR count). The Kier molecular flexibility index (Phi) is 5.65. The summed E-state index contributed by atoms with van der Waals surface area (Å²) in [7, 11) is -3.68. The third kappa shape index (κ3) is 4.27. The lowest BCUT2D eigenvalue weighted by Crippen LogP contribution is -2.35. The Hall–Kier alpha value is -3.03. The van der Waals surface area contributed by atoms with Crippen LogP contribution in [-0.2, 0) is 23.0 Å². The van der Waals surface area contributed by atoms with E-state index in [1.165, 1.54) is 30.3 Å². The summed E-state index contributed by atoms with van der Waals surface area (Å²) in [4.78, 5) is 14.7. The summed E-state index contributed by atoms with van der Waals surface area (Å²) in [5.41, 5.74) is 2.76. The van der Waals surface area contributed by atoms with Gasteiger partial charge in [0.05, 0.1) is 4.90 Å². The molecule has 0 spiro atoms. The van der Waals surface area contributed by atoms with Gasteiger partial charge in [-0.1, -0.05) is 30.3 Å². The number of amides is 1. The van der Waals surface area contributed by atoms with Gasteiger partial charge in [-0.25, -0.2) is 17.5 Å². The van der Waals surface area contributed by atoms with Crippen LogP contribution in [0.15, 0.2) is 77.7 Å². The molecule has 0 saturated heterocycles. The normalized spacial score (nSPS) is 13.7. The predicted octanol–water partition coefficient (Wildman–Crippen LogP) is 3.90. The Bertz CT molecular complexity index is 1160. The van der Waals surface area contributed by atoms with Crippen molar-refractivity contribution >= 4 is 21.6 Å². The van der Waals surface area contributed by atoms with Crippen LogP contribution in [-0.4, -0.2) is 20.9 Å². The summed E-state index contributed by atoms with van der Waals surface area (Å²) in [6.07, 6.45) is 1.41. The Morgan fingerprint density at radius 1 is 1.00 bits per heavy atom. The van der Waals surface area contributed by atoms with Crippen molar-refractivity contribution in [2.24, 2.45) is 0 Å². The number of halogens is 1. The molecule has 1 aliphatic rings. The lowest BCUT2D eigenvalue weighted by atomic mass is 10.0. The lowest BCUT2D eigenvalue weighted by molar-refractivity contribution is 0.0985. The largest absolute Gasteiger partial charge is 0.308 e. The van der Waals surface area contributed by atoms with E-state index in [1.54, 1.807) is 17.0 Å². The first-order chi connectivity index (χ1) is 14.4. The average Bonchev–Trinajstić information content (AvgIpc) is 2.78. The molecule has 0 atom stereocenters. The van der Waals surface area contributed by atoms with Gasteiger partial charge in [0, 0.05) is 24.3 Å². The van der Waals surface area contributed by atoms with Crippen molar-refractivity contribution < 1.29 is 17.6 Å². The molecule has 0 aromatic heterocycles. The molecule has 0 saturated carbocycles. The van der Waals surface area contributed by atoms with Crippen LogP contribution < -0.4 is 9.62 Å². The zero-order valence-electron chi connectivity index (χ0n) is 16.2. The third-order valence-corrected chi connectivity index (χ3v) is 6.52. The quantitative estimate of drug-likeness (QED) is 0.676. The molecular formula is C23H21FN2O3S. The molecule has 0 aliphatic carbocycles. The molecule has 0 radical (unpaired) electrons. The van der Waals surface area contributed by atoms with Crippen molar-refractivity contribution in [1.29, 1.82) is 0 Å². The molecule has 1 aliphatic heterocycles. The molecule has 30 heavy (non-hydrogen) atoms. The fourth-order valence-corrected chi connectivity index (χ4v) is 4.63. The number of hydrogen-bond donors (Lipinski definition) is 1. The lowest BCUT2D eigenvalue weighted by Gasteiger charge is -2.30. The first-order valence-electron chi connectivity index (χ1n) is 9.68. The van der Waals surface area contributed by atoms with Gasteiger partial charge >= 0.3 is 0 Å². The molecule has 1 N–H and O–H groups in total. The second-order valence-electron chi connectivity index (χ2n) is 7.17. The molecule has 3 aromatic rings. The van der Waals surface area contributed by atoms with Crippen molar-refractivity contribution in [3.63, 3.8) is 0 Å². The first-order valence-corrected chi connectivity index (χ1v) is 11.2. The second kappa shape index (κ2) is 8.38. The monoisotopic (exact) mass is 424 g/mol. The van der Waals surface area contributed by atoms with Gasteiger partial charge in [-0.3, -0.25) is 4.79 Å². The number of benzene rings is 3. The molecule has 0 fully saturated rings. The van der Waals surface area contributed by atoms with Crippen molar-refractivity contribution in [3.05, 3.63) is 95.3 Å². The van der Waals surface area contributed by atoms with E-state index in [4.69, 9.17) is 0 Å². The fraction of sp³-hybridized carbons (Fsp3) is 0.174. The second-order valence-corrected chi connectivity index (χ2v) is 8.93. The van der Waals surface area contributed by atoms with Crippen LogP contribution in [0.25, 0.3) is 0 Å². The van der Waals surface area contributed by atoms with Crippen molar-refractivity contribution in [3.8, 4) is 0 Å². The summed E-state index contributed by atoms with van der Waals surface area (Å²) in [5.74, 6) is -0.628. The predicted molar refractivity (Wildman–Crippen MR) is 113 cm³/mol. The van der Waals surface area contributed by atoms with Gasteiger partial charge in [0.25, 0.3) is 5.91 Å². The van der Waals surface area contributed by atoms with E-state index in [9.17, 15) is 17.6 Å². The average molecular weight is 424 g/mol. The number of hydrogen-bond acceptors (Lipinski definition) is 3. The Balaban J connectivity index is 1.57. The van der Waals surface area contributed by atoms with Gasteiger partial charge in [0.15, 0.2) is 0 Å². The Labute approximate surface area is 175 Å². The Morgan fingerprint density at radius 2 is 1.73 bits per heavy atom. The number of fused-ring (bicyclic) bond motifs is 1. The molecule has 1 heterocycles. The summed E-state index contributed by atoms with van der Waals surface area (Å²) in [5, 5.41) is 0. The van der Waals surface area contributed by atoms with Crippen LogP contribution in [0, 0.1) is 5.82 Å². The minimum absolute atomic E-state index is 0.174. The maximum Gasteiger partial charge on any atom is 0.258 e. The van der Waals surface area contributed by atoms with E-state index in [-0.39, 0.29) is 17.3 Å². The highest BCUT2D eigenvalue weighted by Gasteiger charge is 2.25. The first kappa shape index (κ1) is 20.3. The van der Waals surface area contributed by atoms with Crippen molar-refractivity contribution in [1.82, 2.24) is 4.72 Å². The van der Waals surface area contributed by atoms with Crippen LogP contribution in [0.1, 0.15) is 27.9 Å². The maximum atomic E-state index is 13.2. The minimum Gasteiger partial charge on any atom is -0.308 e. The van der Waals surface area contributed by atoms with E-state index in [2.05, 4.69) is 4.72 Å². The number of aryl methyl sites for hydroxylation is 1. The van der Waals surface area contributed by atoms with E-state index in [1.807, 2.05) is 30.3 Å². The number of sulfonamides is 1. The SMILES string of the molecule is O=C(c1ccc(F)cc1)N1CCCc2cc(S(=O)(=O)NCc3ccccc3)ccc21. The molecule has 0 bridgehead atoms. The van der Waals surface area contributed by atoms with Crippen LogP contribution in [0.5, 0.6) is 0 Å². The summed E-state index contributed by atoms with van der Waals surface area (Å²) >= 11 is 0. The van der Waals surface area contributed by atoms with E-state index in [0.29, 0.717) is 24.2 Å². The number of rotatable bonds is 5. The van der Waals surface area contributed by atoms with Gasteiger partial charge < -0.3 is 4.90 Å². The molecule has 0 unspecified atom stereocenters. The van der Waals surface area contributed by atoms with Crippen LogP contribution in [0.3, 0.4) is 0 Å². The van der Waals surface area contributed by atoms with Crippen LogP contribution >= 0.6 is 0 Å². The minimum atomic E-state index is -3.68. The smallest absolute Gasteiger partial charge is 0.258 e. The molecular weight excluding hydrogens is 403 g/mol. The fourth-order valence-electron chi connectivity index (χ4n) is 3.56. The van der Waals surface area contributed by atoms with Crippen molar-refractivity contribution in [2.75, 3.05) is 11.4 Å². The van der Waals surface area contributed by atoms with Crippen LogP contribution in [0.4, 0.5) is 10.1 Å². The van der Waals surface area contributed by atoms with Gasteiger partial charge in [-0.15, -0.1) is 0 Å². The van der Waals surface area contributed by atoms with Gasteiger partial charge in [0.2, 0.25) is 10.0 Å². The van der Waals surface area contributed by atoms with E-state index < -0.39 is 15.8 Å². The van der Waals surface area contributed by atoms with E-state index in [0.717, 1.165) is 17.5 Å². The molecule has 1 amide bonds. The highest BCUT2D eigenvalue weighted by atomic mass is 32.2. The standard InChI is InChI=1S/C23H21FN2O3S/c24-20-10-8-18(9-11-20)23(27)26-14-4-7-19-15-21(12-13-22(19)26)30(28,29)25-16-17-5-2-1-3-6-17/h1-3,5-6,8-13,15,25H,4,7,14,16H2. The van der Waals surface area contributed by atoms with Crippen molar-refractivity contribution in [2.45, 2.75) is 24.3 Å². The topological polar surface area (TPSA) is 66.5 Å². The molecule has 154 valence electrons. The number of nitrogens with zero attached hydrogens (tertiary/aromatic N) is 1. The highest BCUT2D eigenvalue weighted by molar-refractivity contribution is 7.89. The Morgan fingerprint density at radius 3 is 2.47 bits per heavy atom. The number of carbonyl (C=O) groups is 1. The highest BCUT2D eigenvalue weighted by Crippen LogP contribution is 2.30. The van der Waals surface area contributed by atoms with E-state index >= 15 is 0 Å². The zero-order chi connectivity index (χ0) is 21.1. The molecule has 7 heteroatoms. The maximum absolute atomic E-state index is 13.2. The summed E-state index contributed by atoms with van der Waals surface area (Å²) < 4.78 is 41.3. The number of carbonyl (C=O) groups excluding carboxylic acids is 1. The van der Waals surface area contributed by atoms with Gasteiger partial charge in [0.1, 0.15) is 5.82 Å². The zero-order valence-corrected chi connectivity index (χ0v) is 17.0. The van der Waals surface area contributed by atoms with Gasteiger partial charge in [-0.2, -0.15) is 0 Å². The van der Waals surface area contributed by atoms with Crippen LogP contribution in [0.2, 0.25) is 0 Å². The third-order valence-electron chi connectivity index (χ3n) is 5.13.